The van der Waals surface area contributed by atoms with Crippen molar-refractivity contribution < 1.29 is 14.6 Å². The molecule has 0 bridgehead atoms. The van der Waals surface area contributed by atoms with Gasteiger partial charge in [-0.25, -0.2) is 0 Å². The van der Waals surface area contributed by atoms with Crippen molar-refractivity contribution >= 4 is 21.9 Å². The molecule has 0 heterocycles. The van der Waals surface area contributed by atoms with Crippen molar-refractivity contribution in [2.45, 2.75) is 13.3 Å². The van der Waals surface area contributed by atoms with E-state index < -0.39 is 11.9 Å². The maximum atomic E-state index is 11.2. The topological polar surface area (TPSA) is 46.5 Å². The van der Waals surface area contributed by atoms with Gasteiger partial charge in [0.1, 0.15) is 0 Å². The zero-order valence-electron chi connectivity index (χ0n) is 10.0. The Morgan fingerprint density at radius 1 is 1.41 bits per heavy atom. The third-order valence-electron chi connectivity index (χ3n) is 2.80. The lowest BCUT2D eigenvalue weighted by molar-refractivity contribution is -0.144. The molecule has 1 N–H and O–H groups in total. The molecule has 0 radical (unpaired) electrons. The monoisotopic (exact) mass is 300 g/mol. The van der Waals surface area contributed by atoms with Crippen LogP contribution in [0.3, 0.4) is 0 Å². The standard InChI is InChI=1S/C13H17BrO3/c1-9(8-17-2)12(13(15)16)7-10-3-5-11(14)6-4-10/h3-6,9,12H,7-8H2,1-2H3,(H,15,16). The van der Waals surface area contributed by atoms with E-state index in [4.69, 9.17) is 4.74 Å². The molecule has 1 aromatic carbocycles. The van der Waals surface area contributed by atoms with E-state index in [2.05, 4.69) is 15.9 Å². The number of hydrogen-bond acceptors (Lipinski definition) is 2. The Kier molecular flexibility index (Phi) is 5.65. The maximum Gasteiger partial charge on any atom is 0.307 e. The number of rotatable bonds is 6. The highest BCUT2D eigenvalue weighted by molar-refractivity contribution is 9.10. The number of ether oxygens (including phenoxy) is 1. The number of carboxylic acid groups (broad SMARTS) is 1. The lowest BCUT2D eigenvalue weighted by Gasteiger charge is -2.19. The van der Waals surface area contributed by atoms with E-state index in [-0.39, 0.29) is 5.92 Å². The quantitative estimate of drug-likeness (QED) is 0.878. The molecule has 0 saturated heterocycles. The van der Waals surface area contributed by atoms with E-state index in [1.165, 1.54) is 0 Å². The molecule has 17 heavy (non-hydrogen) atoms. The molecule has 3 nitrogen and oxygen atoms in total. The summed E-state index contributed by atoms with van der Waals surface area (Å²) in [6.07, 6.45) is 0.535. The van der Waals surface area contributed by atoms with Gasteiger partial charge in [-0.2, -0.15) is 0 Å². The summed E-state index contributed by atoms with van der Waals surface area (Å²) < 4.78 is 6.02. The smallest absolute Gasteiger partial charge is 0.307 e. The van der Waals surface area contributed by atoms with Gasteiger partial charge in [-0.05, 0) is 30.0 Å². The van der Waals surface area contributed by atoms with E-state index in [9.17, 15) is 9.90 Å². The van der Waals surface area contributed by atoms with Gasteiger partial charge in [0, 0.05) is 18.2 Å². The van der Waals surface area contributed by atoms with Crippen LogP contribution in [0.2, 0.25) is 0 Å². The van der Waals surface area contributed by atoms with Gasteiger partial charge in [-0.15, -0.1) is 0 Å². The molecule has 0 aliphatic rings. The lowest BCUT2D eigenvalue weighted by atomic mass is 9.88. The first-order valence-electron chi connectivity index (χ1n) is 5.50. The van der Waals surface area contributed by atoms with E-state index >= 15 is 0 Å². The predicted octanol–water partition coefficient (Wildman–Crippen LogP) is 2.97. The van der Waals surface area contributed by atoms with Crippen LogP contribution in [0.1, 0.15) is 12.5 Å². The van der Waals surface area contributed by atoms with Crippen LogP contribution in [0.4, 0.5) is 0 Å². The number of carboxylic acids is 1. The zero-order valence-corrected chi connectivity index (χ0v) is 11.6. The van der Waals surface area contributed by atoms with Crippen LogP contribution < -0.4 is 0 Å². The Balaban J connectivity index is 2.73. The fraction of sp³-hybridized carbons (Fsp3) is 0.462. The SMILES string of the molecule is COCC(C)C(Cc1ccc(Br)cc1)C(=O)O. The molecule has 0 saturated carbocycles. The van der Waals surface area contributed by atoms with Gasteiger partial charge in [-0.1, -0.05) is 35.0 Å². The maximum absolute atomic E-state index is 11.2. The zero-order chi connectivity index (χ0) is 12.8. The number of carbonyl (C=O) groups is 1. The Morgan fingerprint density at radius 3 is 2.47 bits per heavy atom. The molecule has 1 rings (SSSR count). The summed E-state index contributed by atoms with van der Waals surface area (Å²) in [5.74, 6) is -1.17. The normalized spacial score (nSPS) is 14.3. The van der Waals surface area contributed by atoms with Gasteiger partial charge in [0.15, 0.2) is 0 Å². The number of hydrogen-bond donors (Lipinski definition) is 1. The molecule has 4 heteroatoms. The van der Waals surface area contributed by atoms with Crippen molar-refractivity contribution in [3.63, 3.8) is 0 Å². The molecule has 0 aliphatic carbocycles. The minimum absolute atomic E-state index is 0.00106. The lowest BCUT2D eigenvalue weighted by Crippen LogP contribution is -2.26. The molecule has 1 aromatic rings. The first kappa shape index (κ1) is 14.2. The first-order chi connectivity index (χ1) is 8.04. The molecule has 0 aromatic heterocycles. The van der Waals surface area contributed by atoms with Crippen molar-refractivity contribution in [3.05, 3.63) is 34.3 Å². The number of methoxy groups -OCH3 is 1. The Morgan fingerprint density at radius 2 is 2.00 bits per heavy atom. The Hall–Kier alpha value is -0.870. The highest BCUT2D eigenvalue weighted by Gasteiger charge is 2.24. The summed E-state index contributed by atoms with van der Waals surface area (Å²) in [5, 5.41) is 9.22. The summed E-state index contributed by atoms with van der Waals surface area (Å²) in [5.41, 5.74) is 1.03. The molecule has 0 fully saturated rings. The van der Waals surface area contributed by atoms with Crippen molar-refractivity contribution in [2.75, 3.05) is 13.7 Å². The minimum atomic E-state index is -0.766. The highest BCUT2D eigenvalue weighted by atomic mass is 79.9. The molecular formula is C13H17BrO3. The fourth-order valence-electron chi connectivity index (χ4n) is 1.79. The number of halogens is 1. The summed E-state index contributed by atoms with van der Waals surface area (Å²) in [7, 11) is 1.59. The second kappa shape index (κ2) is 6.77. The molecule has 0 amide bonds. The van der Waals surface area contributed by atoms with Crippen molar-refractivity contribution in [1.29, 1.82) is 0 Å². The average Bonchev–Trinajstić information content (AvgIpc) is 2.28. The van der Waals surface area contributed by atoms with Crippen LogP contribution >= 0.6 is 15.9 Å². The third kappa shape index (κ3) is 4.48. The minimum Gasteiger partial charge on any atom is -0.481 e. The molecule has 2 unspecified atom stereocenters. The van der Waals surface area contributed by atoms with Gasteiger partial charge in [0.2, 0.25) is 0 Å². The average molecular weight is 301 g/mol. The second-order valence-electron chi connectivity index (χ2n) is 4.21. The van der Waals surface area contributed by atoms with Crippen LogP contribution in [0.5, 0.6) is 0 Å². The highest BCUT2D eigenvalue weighted by Crippen LogP contribution is 2.20. The molecule has 2 atom stereocenters. The van der Waals surface area contributed by atoms with Crippen LogP contribution in [0.15, 0.2) is 28.7 Å². The molecule has 0 spiro atoms. The molecule has 0 aliphatic heterocycles. The van der Waals surface area contributed by atoms with Crippen molar-refractivity contribution in [2.24, 2.45) is 11.8 Å². The van der Waals surface area contributed by atoms with Gasteiger partial charge in [-0.3, -0.25) is 4.79 Å². The molecular weight excluding hydrogens is 284 g/mol. The van der Waals surface area contributed by atoms with Gasteiger partial charge in [0.05, 0.1) is 5.92 Å². The predicted molar refractivity (Wildman–Crippen MR) is 70.0 cm³/mol. The number of aliphatic carboxylic acids is 1. The van der Waals surface area contributed by atoms with Crippen LogP contribution in [0.25, 0.3) is 0 Å². The third-order valence-corrected chi connectivity index (χ3v) is 3.33. The van der Waals surface area contributed by atoms with Crippen molar-refractivity contribution in [1.82, 2.24) is 0 Å². The largest absolute Gasteiger partial charge is 0.481 e. The molecule has 94 valence electrons. The summed E-state index contributed by atoms with van der Waals surface area (Å²) in [6, 6.07) is 7.74. The van der Waals surface area contributed by atoms with E-state index in [1.54, 1.807) is 7.11 Å². The fourth-order valence-corrected chi connectivity index (χ4v) is 2.05. The first-order valence-corrected chi connectivity index (χ1v) is 6.30. The summed E-state index contributed by atoms with van der Waals surface area (Å²) >= 11 is 3.36. The summed E-state index contributed by atoms with van der Waals surface area (Å²) in [6.45, 7) is 2.37. The van der Waals surface area contributed by atoms with E-state index in [0.29, 0.717) is 13.0 Å². The Labute approximate surface area is 110 Å². The van der Waals surface area contributed by atoms with Gasteiger partial charge < -0.3 is 9.84 Å². The van der Waals surface area contributed by atoms with Crippen molar-refractivity contribution in [3.8, 4) is 0 Å². The van der Waals surface area contributed by atoms with Crippen LogP contribution in [0, 0.1) is 11.8 Å². The number of benzene rings is 1. The van der Waals surface area contributed by atoms with Crippen LogP contribution in [-0.2, 0) is 16.0 Å². The van der Waals surface area contributed by atoms with Gasteiger partial charge in [0.25, 0.3) is 0 Å². The van der Waals surface area contributed by atoms with Gasteiger partial charge >= 0.3 is 5.97 Å². The van der Waals surface area contributed by atoms with Crippen LogP contribution in [-0.4, -0.2) is 24.8 Å². The van der Waals surface area contributed by atoms with E-state index in [0.717, 1.165) is 10.0 Å². The second-order valence-corrected chi connectivity index (χ2v) is 5.12. The summed E-state index contributed by atoms with van der Waals surface area (Å²) in [4.78, 5) is 11.2. The van der Waals surface area contributed by atoms with E-state index in [1.807, 2.05) is 31.2 Å². The Bertz CT molecular complexity index is 361.